The van der Waals surface area contributed by atoms with Gasteiger partial charge in [-0.15, -0.1) is 0 Å². The van der Waals surface area contributed by atoms with E-state index in [1.165, 1.54) is 6.92 Å². The first-order valence-electron chi connectivity index (χ1n) is 12.0. The number of esters is 4. The monoisotopic (exact) mass is 552 g/mol. The van der Waals surface area contributed by atoms with E-state index in [1.807, 2.05) is 6.07 Å². The summed E-state index contributed by atoms with van der Waals surface area (Å²) in [7, 11) is 0. The summed E-state index contributed by atoms with van der Waals surface area (Å²) < 4.78 is 31.7. The van der Waals surface area contributed by atoms with Crippen LogP contribution in [0, 0.1) is 0 Å². The van der Waals surface area contributed by atoms with Crippen molar-refractivity contribution in [3.8, 4) is 0 Å². The highest BCUT2D eigenvalue weighted by Gasteiger charge is 2.52. The Morgan fingerprint density at radius 3 is 1.97 bits per heavy atom. The summed E-state index contributed by atoms with van der Waals surface area (Å²) in [6.07, 6.45) is -6.48. The van der Waals surface area contributed by atoms with Gasteiger partial charge in [0.15, 0.2) is 12.2 Å². The molecule has 0 unspecified atom stereocenters. The SMILES string of the molecule is CC(=O)OC[C@@H]1O[C@H](OC(C)=O)[C@@H](NC(=O)[C@@H](C)NC(=O)OCc2ccccc2)[C@H](OC(C)=O)[C@@H]1OC(C)=O. The third kappa shape index (κ3) is 10.2. The highest BCUT2D eigenvalue weighted by atomic mass is 16.7. The minimum atomic E-state index is -1.56. The maximum atomic E-state index is 13.0. The molecule has 2 amide bonds. The van der Waals surface area contributed by atoms with Crippen molar-refractivity contribution in [2.75, 3.05) is 6.61 Å². The lowest BCUT2D eigenvalue weighted by molar-refractivity contribution is -0.271. The molecule has 1 aromatic carbocycles. The fourth-order valence-electron chi connectivity index (χ4n) is 3.62. The van der Waals surface area contributed by atoms with Crippen LogP contribution in [0.3, 0.4) is 0 Å². The van der Waals surface area contributed by atoms with E-state index in [1.54, 1.807) is 24.3 Å². The van der Waals surface area contributed by atoms with Gasteiger partial charge in [0.25, 0.3) is 0 Å². The highest BCUT2D eigenvalue weighted by molar-refractivity contribution is 5.85. The normalized spacial score (nSPS) is 22.8. The van der Waals surface area contributed by atoms with E-state index in [4.69, 9.17) is 28.4 Å². The van der Waals surface area contributed by atoms with E-state index in [0.717, 1.165) is 33.3 Å². The summed E-state index contributed by atoms with van der Waals surface area (Å²) in [5.41, 5.74) is 0.734. The zero-order valence-electron chi connectivity index (χ0n) is 22.2. The van der Waals surface area contributed by atoms with E-state index < -0.39 is 79.2 Å². The van der Waals surface area contributed by atoms with Crippen molar-refractivity contribution in [1.82, 2.24) is 10.6 Å². The van der Waals surface area contributed by atoms with Crippen molar-refractivity contribution in [2.45, 2.75) is 77.9 Å². The molecule has 2 rings (SSSR count). The van der Waals surface area contributed by atoms with Gasteiger partial charge in [-0.05, 0) is 12.5 Å². The first-order valence-corrected chi connectivity index (χ1v) is 12.0. The van der Waals surface area contributed by atoms with E-state index in [2.05, 4.69) is 10.6 Å². The largest absolute Gasteiger partial charge is 0.463 e. The number of hydrogen-bond acceptors (Lipinski definition) is 12. The van der Waals surface area contributed by atoms with Gasteiger partial charge >= 0.3 is 30.0 Å². The Balaban J connectivity index is 2.23. The molecule has 0 saturated carbocycles. The second kappa shape index (κ2) is 14.7. The van der Waals surface area contributed by atoms with Crippen molar-refractivity contribution in [3.05, 3.63) is 35.9 Å². The minimum absolute atomic E-state index is 0.0334. The number of alkyl carbamates (subject to hydrolysis) is 1. The number of rotatable bonds is 10. The Morgan fingerprint density at radius 1 is 0.821 bits per heavy atom. The quantitative estimate of drug-likeness (QED) is 0.303. The number of carbonyl (C=O) groups excluding carboxylic acids is 6. The topological polar surface area (TPSA) is 182 Å². The Hall–Kier alpha value is -4.20. The first-order chi connectivity index (χ1) is 18.4. The molecule has 0 spiro atoms. The Labute approximate surface area is 224 Å². The lowest BCUT2D eigenvalue weighted by atomic mass is 9.95. The van der Waals surface area contributed by atoms with Gasteiger partial charge in [0.1, 0.15) is 31.4 Å². The molecule has 214 valence electrons. The van der Waals surface area contributed by atoms with Crippen molar-refractivity contribution in [2.24, 2.45) is 0 Å². The van der Waals surface area contributed by atoms with Crippen LogP contribution in [-0.4, -0.2) is 79.2 Å². The molecule has 1 aliphatic rings. The van der Waals surface area contributed by atoms with E-state index >= 15 is 0 Å². The van der Waals surface area contributed by atoms with Gasteiger partial charge in [-0.1, -0.05) is 30.3 Å². The molecule has 14 heteroatoms. The van der Waals surface area contributed by atoms with Crippen LogP contribution in [0.15, 0.2) is 30.3 Å². The lowest BCUT2D eigenvalue weighted by Gasteiger charge is -2.44. The highest BCUT2D eigenvalue weighted by Crippen LogP contribution is 2.28. The summed E-state index contributed by atoms with van der Waals surface area (Å²) in [4.78, 5) is 72.2. The number of amides is 2. The molecule has 6 atom stereocenters. The van der Waals surface area contributed by atoms with E-state index in [9.17, 15) is 28.8 Å². The van der Waals surface area contributed by atoms with Crippen molar-refractivity contribution in [3.63, 3.8) is 0 Å². The maximum absolute atomic E-state index is 13.0. The van der Waals surface area contributed by atoms with Gasteiger partial charge in [0.2, 0.25) is 12.2 Å². The average Bonchev–Trinajstić information content (AvgIpc) is 2.84. The van der Waals surface area contributed by atoms with Crippen LogP contribution in [0.1, 0.15) is 40.2 Å². The van der Waals surface area contributed by atoms with Gasteiger partial charge in [0, 0.05) is 27.7 Å². The van der Waals surface area contributed by atoms with Crippen molar-refractivity contribution < 1.29 is 57.2 Å². The Morgan fingerprint density at radius 2 is 1.41 bits per heavy atom. The van der Waals surface area contributed by atoms with Crippen molar-refractivity contribution in [1.29, 1.82) is 0 Å². The van der Waals surface area contributed by atoms with Crippen LogP contribution in [0.25, 0.3) is 0 Å². The molecule has 39 heavy (non-hydrogen) atoms. The number of benzene rings is 1. The van der Waals surface area contributed by atoms with Gasteiger partial charge in [-0.25, -0.2) is 4.79 Å². The zero-order valence-corrected chi connectivity index (χ0v) is 22.2. The van der Waals surface area contributed by atoms with Gasteiger partial charge < -0.3 is 39.1 Å². The number of ether oxygens (including phenoxy) is 6. The average molecular weight is 553 g/mol. The van der Waals surface area contributed by atoms with Gasteiger partial charge in [-0.2, -0.15) is 0 Å². The number of carbonyl (C=O) groups is 6. The molecule has 0 aliphatic carbocycles. The summed E-state index contributed by atoms with van der Waals surface area (Å²) in [5.74, 6) is -3.89. The maximum Gasteiger partial charge on any atom is 0.408 e. The standard InChI is InChI=1S/C25H32N2O12/c1-13(26-25(33)35-11-18-9-7-6-8-10-18)23(32)27-20-22(37-16(4)30)21(36-15(3)29)19(12-34-14(2)28)39-24(20)38-17(5)31/h6-10,13,19-22,24H,11-12H2,1-5H3,(H,26,33)(H,27,32)/t13-,19+,20+,21-,22+,24+/m1/s1. The van der Waals surface area contributed by atoms with Crippen LogP contribution in [-0.2, 0) is 59.0 Å². The smallest absolute Gasteiger partial charge is 0.408 e. The first kappa shape index (κ1) is 31.0. The molecular formula is C25H32N2O12. The second-order valence-electron chi connectivity index (χ2n) is 8.57. The lowest BCUT2D eigenvalue weighted by Crippen LogP contribution is -2.68. The predicted molar refractivity (Wildman–Crippen MR) is 129 cm³/mol. The van der Waals surface area contributed by atoms with Crippen molar-refractivity contribution >= 4 is 35.9 Å². The number of nitrogens with one attached hydrogen (secondary N) is 2. The molecule has 0 aromatic heterocycles. The molecule has 1 aliphatic heterocycles. The summed E-state index contributed by atoms with van der Waals surface area (Å²) in [5, 5.41) is 4.87. The van der Waals surface area contributed by atoms with Crippen LogP contribution >= 0.6 is 0 Å². The predicted octanol–water partition coefficient (Wildman–Crippen LogP) is 0.501. The third-order valence-corrected chi connectivity index (χ3v) is 5.23. The molecule has 1 aromatic rings. The molecule has 14 nitrogen and oxygen atoms in total. The van der Waals surface area contributed by atoms with Crippen LogP contribution in [0.5, 0.6) is 0 Å². The molecule has 1 heterocycles. The third-order valence-electron chi connectivity index (χ3n) is 5.23. The molecule has 0 bridgehead atoms. The second-order valence-corrected chi connectivity index (χ2v) is 8.57. The molecular weight excluding hydrogens is 520 g/mol. The van der Waals surface area contributed by atoms with Gasteiger partial charge in [-0.3, -0.25) is 24.0 Å². The van der Waals surface area contributed by atoms with E-state index in [0.29, 0.717) is 0 Å². The number of hydrogen-bond donors (Lipinski definition) is 2. The van der Waals surface area contributed by atoms with E-state index in [-0.39, 0.29) is 6.61 Å². The fourth-order valence-corrected chi connectivity index (χ4v) is 3.62. The zero-order chi connectivity index (χ0) is 29.1. The molecule has 0 radical (unpaired) electrons. The Bertz CT molecular complexity index is 1050. The van der Waals surface area contributed by atoms with Crippen LogP contribution < -0.4 is 10.6 Å². The Kier molecular flexibility index (Phi) is 11.7. The van der Waals surface area contributed by atoms with Crippen LogP contribution in [0.2, 0.25) is 0 Å². The summed E-state index contributed by atoms with van der Waals surface area (Å²) in [6.45, 7) is 5.26. The van der Waals surface area contributed by atoms with Gasteiger partial charge in [0.05, 0.1) is 0 Å². The van der Waals surface area contributed by atoms with Crippen LogP contribution in [0.4, 0.5) is 4.79 Å². The summed E-state index contributed by atoms with van der Waals surface area (Å²) >= 11 is 0. The molecule has 1 saturated heterocycles. The molecule has 2 N–H and O–H groups in total. The minimum Gasteiger partial charge on any atom is -0.463 e. The summed E-state index contributed by atoms with van der Waals surface area (Å²) in [6, 6.07) is 6.30. The molecule has 1 fully saturated rings. The fraction of sp³-hybridized carbons (Fsp3) is 0.520.